The fourth-order valence-corrected chi connectivity index (χ4v) is 4.90. The number of carbonyl (C=O) groups is 1. The van der Waals surface area contributed by atoms with E-state index in [1.807, 2.05) is 24.3 Å². The Kier molecular flexibility index (Phi) is 6.66. The second kappa shape index (κ2) is 9.94. The predicted molar refractivity (Wildman–Crippen MR) is 146 cm³/mol. The summed E-state index contributed by atoms with van der Waals surface area (Å²) in [5, 5.41) is 0. The first-order valence-corrected chi connectivity index (χ1v) is 12.6. The van der Waals surface area contributed by atoms with Gasteiger partial charge in [-0.2, -0.15) is 0 Å². The van der Waals surface area contributed by atoms with Crippen LogP contribution in [0.2, 0.25) is 0 Å². The number of esters is 1. The molecule has 1 unspecified atom stereocenters. The summed E-state index contributed by atoms with van der Waals surface area (Å²) >= 11 is 0. The van der Waals surface area contributed by atoms with Gasteiger partial charge in [-0.3, -0.25) is 18.8 Å². The maximum atomic E-state index is 11.2. The van der Waals surface area contributed by atoms with E-state index in [1.54, 1.807) is 37.5 Å². The fraction of sp³-hybridized carbons (Fsp3) is 0.357. The third-order valence-corrected chi connectivity index (χ3v) is 7.36. The van der Waals surface area contributed by atoms with Gasteiger partial charge in [-0.15, -0.1) is 0 Å². The van der Waals surface area contributed by atoms with E-state index >= 15 is 0 Å². The van der Waals surface area contributed by atoms with E-state index in [0.29, 0.717) is 22.0 Å². The minimum atomic E-state index is -0.347. The van der Waals surface area contributed by atoms with Gasteiger partial charge in [0.15, 0.2) is 17.0 Å². The van der Waals surface area contributed by atoms with Gasteiger partial charge in [0.25, 0.3) is 0 Å². The monoisotopic (exact) mass is 517 g/mol. The summed E-state index contributed by atoms with van der Waals surface area (Å²) in [6.45, 7) is 7.66. The molecule has 0 bridgehead atoms. The highest BCUT2D eigenvalue weighted by Crippen LogP contribution is 2.46. The Labute approximate surface area is 222 Å². The number of hydrogen-bond donors (Lipinski definition) is 0. The maximum Gasteiger partial charge on any atom is 0.303 e. The Balaban J connectivity index is 1.66. The smallest absolute Gasteiger partial charge is 0.303 e. The van der Waals surface area contributed by atoms with Crippen LogP contribution in [-0.4, -0.2) is 65.9 Å². The van der Waals surface area contributed by atoms with Gasteiger partial charge in [-0.25, -0.2) is 9.97 Å². The van der Waals surface area contributed by atoms with Gasteiger partial charge >= 0.3 is 5.97 Å². The van der Waals surface area contributed by atoms with Crippen molar-refractivity contribution in [2.45, 2.75) is 33.4 Å². The molecule has 1 aliphatic heterocycles. The zero-order valence-electron chi connectivity index (χ0n) is 22.6. The van der Waals surface area contributed by atoms with Gasteiger partial charge in [0.2, 0.25) is 0 Å². The zero-order chi connectivity index (χ0) is 27.0. The van der Waals surface area contributed by atoms with Crippen LogP contribution in [0.15, 0.2) is 49.1 Å². The number of benzene rings is 2. The van der Waals surface area contributed by atoms with Crippen LogP contribution in [0.4, 0.5) is 17.1 Å². The highest BCUT2D eigenvalue weighted by molar-refractivity contribution is 5.98. The Morgan fingerprint density at radius 3 is 2.50 bits per heavy atom. The minimum Gasteiger partial charge on any atom is -0.497 e. The quantitative estimate of drug-likeness (QED) is 0.263. The normalized spacial score (nSPS) is 17.0. The first-order valence-electron chi connectivity index (χ1n) is 12.6. The largest absolute Gasteiger partial charge is 0.497 e. The van der Waals surface area contributed by atoms with E-state index in [9.17, 15) is 4.79 Å². The molecule has 0 N–H and O–H groups in total. The van der Waals surface area contributed by atoms with Gasteiger partial charge in [0, 0.05) is 37.0 Å². The third-order valence-electron chi connectivity index (χ3n) is 7.36. The molecule has 3 heterocycles. The number of methoxy groups -OCH3 is 2. The fourth-order valence-electron chi connectivity index (χ4n) is 4.90. The average molecular weight is 518 g/mol. The molecule has 2 aromatic heterocycles. The van der Waals surface area contributed by atoms with Gasteiger partial charge in [-0.05, 0) is 26.0 Å². The SMILES string of the molecule is COc1cc(OC)cc(N2CC[N+](C)(C(C)C)c3c2ccc2ncc(-n4cnc(COC(C)=O)c4)nc32)c1. The van der Waals surface area contributed by atoms with E-state index in [-0.39, 0.29) is 12.6 Å². The molecule has 10 nitrogen and oxygen atoms in total. The molecule has 0 radical (unpaired) electrons. The molecule has 0 saturated carbocycles. The molecule has 38 heavy (non-hydrogen) atoms. The van der Waals surface area contributed by atoms with Gasteiger partial charge in [0.05, 0.1) is 51.3 Å². The van der Waals surface area contributed by atoms with Crippen molar-refractivity contribution in [2.75, 3.05) is 39.3 Å². The number of rotatable bonds is 7. The molecule has 0 aliphatic carbocycles. The van der Waals surface area contributed by atoms with Gasteiger partial charge < -0.3 is 19.1 Å². The van der Waals surface area contributed by atoms with Crippen molar-refractivity contribution in [3.63, 3.8) is 0 Å². The summed E-state index contributed by atoms with van der Waals surface area (Å²) in [6.07, 6.45) is 5.20. The standard InChI is InChI=1S/C28H33N6O4/c1-18(2)34(4)10-9-33(21-11-22(36-5)13-23(12-21)37-6)25-8-7-24-27(28(25)34)31-26(14-29-24)32-15-20(30-17-32)16-38-19(3)35/h7-8,11-15,17-18H,9-10,16H2,1-6H3/q+1. The Bertz CT molecular complexity index is 1480. The Morgan fingerprint density at radius 2 is 1.84 bits per heavy atom. The van der Waals surface area contributed by atoms with Crippen molar-refractivity contribution < 1.29 is 19.0 Å². The number of nitrogens with zero attached hydrogens (tertiary/aromatic N) is 6. The number of ether oxygens (including phenoxy) is 3. The number of anilines is 2. The van der Waals surface area contributed by atoms with Gasteiger partial charge in [0.1, 0.15) is 36.7 Å². The van der Waals surface area contributed by atoms with Crippen LogP contribution in [-0.2, 0) is 16.1 Å². The zero-order valence-corrected chi connectivity index (χ0v) is 22.6. The molecule has 0 saturated heterocycles. The molecule has 10 heteroatoms. The first-order chi connectivity index (χ1) is 18.2. The third kappa shape index (κ3) is 4.51. The molecule has 198 valence electrons. The van der Waals surface area contributed by atoms with Crippen LogP contribution < -0.4 is 18.9 Å². The molecule has 0 fully saturated rings. The molecule has 4 aromatic rings. The number of imidazole rings is 1. The van der Waals surface area contributed by atoms with Crippen LogP contribution in [0.3, 0.4) is 0 Å². The number of quaternary nitrogens is 1. The lowest BCUT2D eigenvalue weighted by Crippen LogP contribution is -2.57. The minimum absolute atomic E-state index is 0.111. The lowest BCUT2D eigenvalue weighted by atomic mass is 10.0. The lowest BCUT2D eigenvalue weighted by molar-refractivity contribution is -0.142. The molecule has 2 aromatic carbocycles. The highest BCUT2D eigenvalue weighted by Gasteiger charge is 2.40. The molecule has 0 spiro atoms. The summed E-state index contributed by atoms with van der Waals surface area (Å²) in [6, 6.07) is 10.4. The van der Waals surface area contributed by atoms with Crippen molar-refractivity contribution in [2.24, 2.45) is 0 Å². The van der Waals surface area contributed by atoms with Crippen LogP contribution in [0, 0.1) is 0 Å². The van der Waals surface area contributed by atoms with Gasteiger partial charge in [-0.1, -0.05) is 0 Å². The molecule has 5 rings (SSSR count). The Morgan fingerprint density at radius 1 is 1.11 bits per heavy atom. The molecule has 1 aliphatic rings. The maximum absolute atomic E-state index is 11.2. The first kappa shape index (κ1) is 25.5. The molecule has 1 atom stereocenters. The van der Waals surface area contributed by atoms with Crippen LogP contribution in [0.25, 0.3) is 16.9 Å². The van der Waals surface area contributed by atoms with E-state index in [0.717, 1.165) is 52.7 Å². The second-order valence-electron chi connectivity index (χ2n) is 9.89. The molecule has 0 amide bonds. The van der Waals surface area contributed by atoms with E-state index in [1.165, 1.54) is 6.92 Å². The number of likely N-dealkylation sites (N-methyl/N-ethyl adjacent to an activating group) is 1. The number of carbonyl (C=O) groups excluding carboxylic acids is 1. The summed E-state index contributed by atoms with van der Waals surface area (Å²) in [5.74, 6) is 1.77. The van der Waals surface area contributed by atoms with Crippen molar-refractivity contribution in [1.82, 2.24) is 24.0 Å². The summed E-state index contributed by atoms with van der Waals surface area (Å²) in [7, 11) is 5.58. The van der Waals surface area contributed by atoms with Crippen molar-refractivity contribution in [3.05, 3.63) is 54.7 Å². The predicted octanol–water partition coefficient (Wildman–Crippen LogP) is 4.39. The summed E-state index contributed by atoms with van der Waals surface area (Å²) < 4.78 is 18.7. The summed E-state index contributed by atoms with van der Waals surface area (Å²) in [5.41, 5.74) is 5.47. The van der Waals surface area contributed by atoms with E-state index in [2.05, 4.69) is 36.8 Å². The second-order valence-corrected chi connectivity index (χ2v) is 9.89. The number of hydrogen-bond acceptors (Lipinski definition) is 8. The average Bonchev–Trinajstić information content (AvgIpc) is 3.40. The lowest BCUT2D eigenvalue weighted by Gasteiger charge is -2.46. The van der Waals surface area contributed by atoms with Crippen molar-refractivity contribution >= 4 is 34.1 Å². The van der Waals surface area contributed by atoms with E-state index < -0.39 is 0 Å². The number of aromatic nitrogens is 4. The topological polar surface area (TPSA) is 91.6 Å². The van der Waals surface area contributed by atoms with Crippen LogP contribution >= 0.6 is 0 Å². The number of fused-ring (bicyclic) bond motifs is 3. The summed E-state index contributed by atoms with van der Waals surface area (Å²) in [4.78, 5) is 27.7. The Hall–Kier alpha value is -4.18. The van der Waals surface area contributed by atoms with Crippen LogP contribution in [0.1, 0.15) is 26.5 Å². The van der Waals surface area contributed by atoms with Crippen molar-refractivity contribution in [1.29, 1.82) is 0 Å². The highest BCUT2D eigenvalue weighted by atomic mass is 16.5. The van der Waals surface area contributed by atoms with Crippen molar-refractivity contribution in [3.8, 4) is 17.3 Å². The molecular formula is C28H33N6O4+. The molecular weight excluding hydrogens is 484 g/mol. The van der Waals surface area contributed by atoms with E-state index in [4.69, 9.17) is 24.2 Å². The van der Waals surface area contributed by atoms with Crippen LogP contribution in [0.5, 0.6) is 11.5 Å².